The van der Waals surface area contributed by atoms with Crippen LogP contribution >= 0.6 is 0 Å². The lowest BCUT2D eigenvalue weighted by Crippen LogP contribution is -2.31. The normalized spacial score (nSPS) is 14.2. The lowest BCUT2D eigenvalue weighted by Gasteiger charge is -2.17. The summed E-state index contributed by atoms with van der Waals surface area (Å²) < 4.78 is 7.39. The van der Waals surface area contributed by atoms with Crippen LogP contribution in [0.15, 0.2) is 53.7 Å². The molecule has 4 rings (SSSR count). The Kier molecular flexibility index (Phi) is 6.83. The average molecular weight is 431 g/mol. The summed E-state index contributed by atoms with van der Waals surface area (Å²) in [5, 5.41) is 4.15. The summed E-state index contributed by atoms with van der Waals surface area (Å²) in [4.78, 5) is 25.2. The van der Waals surface area contributed by atoms with E-state index in [1.165, 1.54) is 0 Å². The third-order valence-electron chi connectivity index (χ3n) is 5.37. The Hall–Kier alpha value is -3.63. The number of unbranched alkanes of at least 4 members (excludes halogenated alkanes) is 1. The predicted molar refractivity (Wildman–Crippen MR) is 124 cm³/mol. The van der Waals surface area contributed by atoms with Crippen molar-refractivity contribution in [2.24, 2.45) is 5.16 Å². The number of ether oxygens (including phenoxy) is 1. The maximum atomic E-state index is 13.3. The minimum atomic E-state index is -0.196. The highest BCUT2D eigenvalue weighted by Gasteiger charge is 2.35. The smallest absolute Gasteiger partial charge is 0.281 e. The number of terminal acetylenes is 1. The van der Waals surface area contributed by atoms with Gasteiger partial charge in [0.05, 0.1) is 23.3 Å². The monoisotopic (exact) mass is 430 g/mol. The van der Waals surface area contributed by atoms with Crippen molar-refractivity contribution in [1.29, 1.82) is 0 Å². The highest BCUT2D eigenvalue weighted by atomic mass is 16.6. The molecule has 0 saturated heterocycles. The van der Waals surface area contributed by atoms with Gasteiger partial charge in [-0.1, -0.05) is 35.5 Å². The number of amides is 1. The van der Waals surface area contributed by atoms with Gasteiger partial charge in [0.2, 0.25) is 0 Å². The number of aromatic nitrogens is 2. The van der Waals surface area contributed by atoms with Crippen LogP contribution in [-0.4, -0.2) is 41.5 Å². The van der Waals surface area contributed by atoms with Crippen LogP contribution in [0.2, 0.25) is 0 Å². The van der Waals surface area contributed by atoms with E-state index in [0.717, 1.165) is 41.1 Å². The summed E-state index contributed by atoms with van der Waals surface area (Å²) in [7, 11) is 1.70. The second-order valence-corrected chi connectivity index (χ2v) is 7.50. The van der Waals surface area contributed by atoms with Gasteiger partial charge in [-0.3, -0.25) is 9.69 Å². The first kappa shape index (κ1) is 21.6. The lowest BCUT2D eigenvalue weighted by molar-refractivity contribution is -0.112. The highest BCUT2D eigenvalue weighted by molar-refractivity contribution is 6.54. The number of carbonyl (C=O) groups excluding carboxylic acids is 1. The number of benzene rings is 2. The summed E-state index contributed by atoms with van der Waals surface area (Å²) >= 11 is 0. The van der Waals surface area contributed by atoms with Gasteiger partial charge in [0.1, 0.15) is 12.4 Å². The van der Waals surface area contributed by atoms with E-state index in [4.69, 9.17) is 21.0 Å². The molecule has 0 spiro atoms. The average Bonchev–Trinajstić information content (AvgIpc) is 3.29. The number of nitrogens with zero attached hydrogens (tertiary/aromatic N) is 4. The molecule has 3 aromatic rings. The quantitative estimate of drug-likeness (QED) is 0.279. The zero-order chi connectivity index (χ0) is 22.3. The van der Waals surface area contributed by atoms with E-state index in [2.05, 4.69) is 21.7 Å². The van der Waals surface area contributed by atoms with Crippen molar-refractivity contribution in [2.45, 2.75) is 32.4 Å². The van der Waals surface area contributed by atoms with Gasteiger partial charge in [0, 0.05) is 32.2 Å². The van der Waals surface area contributed by atoms with E-state index in [1.54, 1.807) is 12.0 Å². The molecule has 0 radical (unpaired) electrons. The molecule has 0 saturated carbocycles. The van der Waals surface area contributed by atoms with Crippen molar-refractivity contribution >= 4 is 28.3 Å². The summed E-state index contributed by atoms with van der Waals surface area (Å²) in [5.74, 6) is 3.19. The van der Waals surface area contributed by atoms with Crippen LogP contribution in [0, 0.1) is 12.3 Å². The molecule has 1 aliphatic heterocycles. The van der Waals surface area contributed by atoms with Crippen LogP contribution in [-0.2, 0) is 27.5 Å². The van der Waals surface area contributed by atoms with Crippen LogP contribution in [0.25, 0.3) is 11.0 Å². The van der Waals surface area contributed by atoms with Gasteiger partial charge in [0.25, 0.3) is 5.91 Å². The molecular formula is C25H26N4O3. The van der Waals surface area contributed by atoms with Crippen LogP contribution in [0.3, 0.4) is 0 Å². The molecule has 2 aromatic carbocycles. The molecule has 2 heterocycles. The number of fused-ring (bicyclic) bond motifs is 2. The van der Waals surface area contributed by atoms with Crippen LogP contribution in [0.1, 0.15) is 30.7 Å². The zero-order valence-electron chi connectivity index (χ0n) is 18.2. The van der Waals surface area contributed by atoms with Crippen LogP contribution in [0.5, 0.6) is 0 Å². The number of hydrogen-bond donors (Lipinski definition) is 0. The van der Waals surface area contributed by atoms with Crippen LogP contribution < -0.4 is 4.90 Å². The molecule has 0 atom stereocenters. The van der Waals surface area contributed by atoms with Gasteiger partial charge in [-0.25, -0.2) is 4.98 Å². The number of rotatable bonds is 10. The molecule has 1 amide bonds. The summed E-state index contributed by atoms with van der Waals surface area (Å²) in [6, 6.07) is 15.6. The number of para-hydroxylation sites is 3. The molecule has 32 heavy (non-hydrogen) atoms. The first-order chi connectivity index (χ1) is 15.7. The van der Waals surface area contributed by atoms with Crippen molar-refractivity contribution in [3.8, 4) is 12.3 Å². The maximum Gasteiger partial charge on any atom is 0.281 e. The largest absolute Gasteiger partial charge is 0.395 e. The Morgan fingerprint density at radius 3 is 2.75 bits per heavy atom. The molecule has 7 heteroatoms. The lowest BCUT2D eigenvalue weighted by atomic mass is 10.1. The number of carbonyl (C=O) groups is 1. The second-order valence-electron chi connectivity index (χ2n) is 7.50. The number of aryl methyl sites for hydroxylation is 1. The number of anilines is 1. The Bertz CT molecular complexity index is 1180. The summed E-state index contributed by atoms with van der Waals surface area (Å²) in [6.45, 7) is 2.13. The maximum absolute atomic E-state index is 13.3. The molecule has 0 fully saturated rings. The van der Waals surface area contributed by atoms with Gasteiger partial charge in [-0.15, -0.1) is 12.3 Å². The standard InChI is InChI=1S/C25H26N4O3/c1-3-4-9-17-32-27-24-19-11-5-7-13-21(19)29(25(24)30)18-23-26-20-12-6-8-14-22(20)28(23)15-10-16-31-2/h1,5-8,11-14H,4,9-10,15-18H2,2H3/b27-24+. The molecule has 0 N–H and O–H groups in total. The minimum absolute atomic E-state index is 0.196. The van der Waals surface area contributed by atoms with E-state index >= 15 is 0 Å². The molecule has 1 aromatic heterocycles. The van der Waals surface area contributed by atoms with E-state index in [9.17, 15) is 4.79 Å². The minimum Gasteiger partial charge on any atom is -0.395 e. The van der Waals surface area contributed by atoms with Crippen molar-refractivity contribution in [3.63, 3.8) is 0 Å². The first-order valence-corrected chi connectivity index (χ1v) is 10.7. The number of imidazole rings is 1. The van der Waals surface area contributed by atoms with E-state index in [0.29, 0.717) is 38.3 Å². The molecule has 164 valence electrons. The number of methoxy groups -OCH3 is 1. The second kappa shape index (κ2) is 10.1. The predicted octanol–water partition coefficient (Wildman–Crippen LogP) is 3.75. The molecule has 0 aliphatic carbocycles. The van der Waals surface area contributed by atoms with Crippen molar-refractivity contribution in [3.05, 3.63) is 59.9 Å². The van der Waals surface area contributed by atoms with Crippen molar-refractivity contribution in [2.75, 3.05) is 25.2 Å². The van der Waals surface area contributed by atoms with E-state index in [-0.39, 0.29) is 5.91 Å². The van der Waals surface area contributed by atoms with E-state index < -0.39 is 0 Å². The zero-order valence-corrected chi connectivity index (χ0v) is 18.2. The third kappa shape index (κ3) is 4.36. The van der Waals surface area contributed by atoms with Crippen molar-refractivity contribution < 1.29 is 14.4 Å². The van der Waals surface area contributed by atoms with Gasteiger partial charge in [-0.2, -0.15) is 0 Å². The first-order valence-electron chi connectivity index (χ1n) is 10.7. The molecule has 1 aliphatic rings. The van der Waals surface area contributed by atoms with Gasteiger partial charge >= 0.3 is 0 Å². The fourth-order valence-electron chi connectivity index (χ4n) is 3.86. The SMILES string of the molecule is C#CCCCO/N=C1/C(=O)N(Cc2nc3ccccc3n2CCCOC)c2ccccc21. The van der Waals surface area contributed by atoms with Gasteiger partial charge < -0.3 is 14.1 Å². The van der Waals surface area contributed by atoms with Crippen molar-refractivity contribution in [1.82, 2.24) is 9.55 Å². The molecule has 0 bridgehead atoms. The molecular weight excluding hydrogens is 404 g/mol. The van der Waals surface area contributed by atoms with Gasteiger partial charge in [0.15, 0.2) is 5.71 Å². The summed E-state index contributed by atoms with van der Waals surface area (Å²) in [5.41, 5.74) is 3.83. The topological polar surface area (TPSA) is 69.0 Å². The Morgan fingerprint density at radius 2 is 1.91 bits per heavy atom. The fourth-order valence-corrected chi connectivity index (χ4v) is 3.86. The Labute approximate surface area is 187 Å². The Balaban J connectivity index is 1.62. The fraction of sp³-hybridized carbons (Fsp3) is 0.320. The molecule has 7 nitrogen and oxygen atoms in total. The van der Waals surface area contributed by atoms with Gasteiger partial charge in [-0.05, 0) is 31.0 Å². The third-order valence-corrected chi connectivity index (χ3v) is 5.37. The molecule has 0 unspecified atom stereocenters. The van der Waals surface area contributed by atoms with Crippen LogP contribution in [0.4, 0.5) is 5.69 Å². The number of hydrogen-bond acceptors (Lipinski definition) is 5. The van der Waals surface area contributed by atoms with E-state index in [1.807, 2.05) is 42.5 Å². The number of oxime groups is 1. The summed E-state index contributed by atoms with van der Waals surface area (Å²) in [6.07, 6.45) is 7.43. The highest BCUT2D eigenvalue weighted by Crippen LogP contribution is 2.31. The Morgan fingerprint density at radius 1 is 1.09 bits per heavy atom.